The fraction of sp³-hybridized carbons (Fsp3) is 0.550. The molecule has 0 saturated carbocycles. The minimum absolute atomic E-state index is 0.0140. The van der Waals surface area contributed by atoms with Crippen LogP contribution in [0, 0.1) is 0 Å². The van der Waals surface area contributed by atoms with Gasteiger partial charge in [0, 0.05) is 23.9 Å². The number of anilines is 1. The molecule has 0 unspecified atom stereocenters. The van der Waals surface area contributed by atoms with Crippen LogP contribution in [0.15, 0.2) is 29.3 Å². The second-order valence-corrected chi connectivity index (χ2v) is 12.0. The van der Waals surface area contributed by atoms with Crippen LogP contribution in [0.25, 0.3) is 0 Å². The Balaban J connectivity index is 1.73. The van der Waals surface area contributed by atoms with Gasteiger partial charge in [-0.3, -0.25) is 4.79 Å². The van der Waals surface area contributed by atoms with E-state index in [2.05, 4.69) is 15.0 Å². The summed E-state index contributed by atoms with van der Waals surface area (Å²) in [4.78, 5) is 29.8. The molecule has 0 spiro atoms. The quantitative estimate of drug-likeness (QED) is 0.626. The summed E-state index contributed by atoms with van der Waals surface area (Å²) in [5, 5.41) is 2.33. The van der Waals surface area contributed by atoms with Gasteiger partial charge in [-0.05, 0) is 45.0 Å². The molecule has 3 rings (SSSR count). The Bertz CT molecular complexity index is 1070. The van der Waals surface area contributed by atoms with E-state index in [-0.39, 0.29) is 34.9 Å². The Morgan fingerprint density at radius 2 is 1.82 bits per heavy atom. The molecule has 1 aromatic rings. The van der Waals surface area contributed by atoms with Gasteiger partial charge in [0.2, 0.25) is 5.91 Å². The standard InChI is InChI=1S/C20H24F3N3O6S2/c1-19(2,3)32-18(28)24-9-8-16(27)25-17-26(14-10-34(29,30)11-15(14)33-17)12-4-6-13(7-5-12)31-20(21,22)23/h4-7,14-15H,8-11H2,1-3H3,(H,24,28)/t14-,15+/m0/s1. The molecule has 0 aromatic heterocycles. The predicted molar refractivity (Wildman–Crippen MR) is 121 cm³/mol. The molecule has 2 amide bonds. The van der Waals surface area contributed by atoms with Crippen LogP contribution in [0.1, 0.15) is 27.2 Å². The average Bonchev–Trinajstić information content (AvgIpc) is 3.10. The van der Waals surface area contributed by atoms with Gasteiger partial charge in [-0.1, -0.05) is 11.8 Å². The fourth-order valence-electron chi connectivity index (χ4n) is 3.42. The summed E-state index contributed by atoms with van der Waals surface area (Å²) < 4.78 is 70.6. The predicted octanol–water partition coefficient (Wildman–Crippen LogP) is 3.10. The van der Waals surface area contributed by atoms with Crippen molar-refractivity contribution < 1.29 is 40.7 Å². The largest absolute Gasteiger partial charge is 0.573 e. The fourth-order valence-corrected chi connectivity index (χ4v) is 7.35. The van der Waals surface area contributed by atoms with Gasteiger partial charge >= 0.3 is 12.5 Å². The lowest BCUT2D eigenvalue weighted by Crippen LogP contribution is -2.37. The number of carbonyl (C=O) groups excluding carboxylic acids is 2. The topological polar surface area (TPSA) is 114 Å². The lowest BCUT2D eigenvalue weighted by atomic mass is 10.2. The number of aliphatic imine (C=N–C) groups is 1. The third-order valence-electron chi connectivity index (χ3n) is 4.64. The molecule has 2 heterocycles. The highest BCUT2D eigenvalue weighted by atomic mass is 32.2. The first-order valence-electron chi connectivity index (χ1n) is 10.2. The van der Waals surface area contributed by atoms with Crippen LogP contribution >= 0.6 is 11.8 Å². The molecule has 1 N–H and O–H groups in total. The number of benzene rings is 1. The number of thioether (sulfide) groups is 1. The second kappa shape index (κ2) is 9.64. The molecule has 1 aromatic carbocycles. The molecule has 2 atom stereocenters. The first-order valence-corrected chi connectivity index (χ1v) is 12.9. The van der Waals surface area contributed by atoms with Gasteiger partial charge < -0.3 is 19.7 Å². The molecule has 2 aliphatic rings. The van der Waals surface area contributed by atoms with Crippen LogP contribution in [0.2, 0.25) is 0 Å². The number of fused-ring (bicyclic) bond motifs is 1. The van der Waals surface area contributed by atoms with E-state index in [4.69, 9.17) is 4.74 Å². The highest BCUT2D eigenvalue weighted by Crippen LogP contribution is 2.41. The summed E-state index contributed by atoms with van der Waals surface area (Å²) >= 11 is 1.13. The van der Waals surface area contributed by atoms with Crippen LogP contribution < -0.4 is 15.0 Å². The normalized spacial score (nSPS) is 23.0. The summed E-state index contributed by atoms with van der Waals surface area (Å²) in [6, 6.07) is 4.39. The van der Waals surface area contributed by atoms with E-state index in [0.29, 0.717) is 5.69 Å². The molecule has 9 nitrogen and oxygen atoms in total. The van der Waals surface area contributed by atoms with Crippen LogP contribution in [-0.2, 0) is 19.4 Å². The van der Waals surface area contributed by atoms with Crippen molar-refractivity contribution in [2.45, 2.75) is 50.4 Å². The van der Waals surface area contributed by atoms with Gasteiger partial charge in [0.25, 0.3) is 0 Å². The van der Waals surface area contributed by atoms with Crippen molar-refractivity contribution >= 4 is 44.5 Å². The summed E-state index contributed by atoms with van der Waals surface area (Å²) in [5.74, 6) is -1.25. The van der Waals surface area contributed by atoms with Crippen LogP contribution in [0.4, 0.5) is 23.7 Å². The van der Waals surface area contributed by atoms with Gasteiger partial charge in [0.05, 0.1) is 17.5 Å². The summed E-state index contributed by atoms with van der Waals surface area (Å²) in [7, 11) is -3.31. The lowest BCUT2D eigenvalue weighted by molar-refractivity contribution is -0.274. The van der Waals surface area contributed by atoms with E-state index in [1.54, 1.807) is 25.7 Å². The van der Waals surface area contributed by atoms with Crippen LogP contribution in [-0.4, -0.2) is 66.9 Å². The van der Waals surface area contributed by atoms with E-state index in [1.165, 1.54) is 12.1 Å². The van der Waals surface area contributed by atoms with Crippen molar-refractivity contribution in [1.82, 2.24) is 5.32 Å². The SMILES string of the molecule is CC(C)(C)OC(=O)NCCC(=O)N=C1S[C@@H]2CS(=O)(=O)C[C@@H]2N1c1ccc(OC(F)(F)F)cc1. The van der Waals surface area contributed by atoms with Crippen molar-refractivity contribution in [1.29, 1.82) is 0 Å². The third kappa shape index (κ3) is 7.26. The summed E-state index contributed by atoms with van der Waals surface area (Å²) in [6.07, 6.45) is -5.64. The van der Waals surface area contributed by atoms with E-state index in [0.717, 1.165) is 23.9 Å². The second-order valence-electron chi connectivity index (χ2n) is 8.68. The van der Waals surface area contributed by atoms with E-state index in [9.17, 15) is 31.2 Å². The van der Waals surface area contributed by atoms with Gasteiger partial charge in [0.1, 0.15) is 11.4 Å². The smallest absolute Gasteiger partial charge is 0.444 e. The molecule has 2 fully saturated rings. The van der Waals surface area contributed by atoms with Gasteiger partial charge in [-0.2, -0.15) is 4.99 Å². The van der Waals surface area contributed by atoms with Crippen molar-refractivity contribution in [3.8, 4) is 5.75 Å². The Labute approximate surface area is 199 Å². The monoisotopic (exact) mass is 523 g/mol. The van der Waals surface area contributed by atoms with E-state index in [1.807, 2.05) is 0 Å². The van der Waals surface area contributed by atoms with Crippen molar-refractivity contribution in [2.75, 3.05) is 23.0 Å². The number of nitrogens with zero attached hydrogens (tertiary/aromatic N) is 2. The Morgan fingerprint density at radius 3 is 2.41 bits per heavy atom. The van der Waals surface area contributed by atoms with Crippen LogP contribution in [0.3, 0.4) is 0 Å². The molecule has 188 valence electrons. The van der Waals surface area contributed by atoms with Gasteiger partial charge in [-0.25, -0.2) is 13.2 Å². The minimum Gasteiger partial charge on any atom is -0.444 e. The summed E-state index contributed by atoms with van der Waals surface area (Å²) in [6.45, 7) is 5.09. The van der Waals surface area contributed by atoms with E-state index >= 15 is 0 Å². The number of carbonyl (C=O) groups is 2. The first kappa shape index (κ1) is 26.1. The van der Waals surface area contributed by atoms with Crippen molar-refractivity contribution in [3.63, 3.8) is 0 Å². The number of amides is 2. The molecule has 14 heteroatoms. The van der Waals surface area contributed by atoms with Crippen LogP contribution in [0.5, 0.6) is 5.75 Å². The molecule has 2 saturated heterocycles. The number of sulfone groups is 1. The molecular formula is C20H24F3N3O6S2. The van der Waals surface area contributed by atoms with Gasteiger partial charge in [0.15, 0.2) is 15.0 Å². The Kier molecular flexibility index (Phi) is 7.41. The number of nitrogens with one attached hydrogen (secondary N) is 1. The highest BCUT2D eigenvalue weighted by molar-refractivity contribution is 8.16. The molecule has 0 bridgehead atoms. The number of alkyl carbamates (subject to hydrolysis) is 1. The van der Waals surface area contributed by atoms with Crippen molar-refractivity contribution in [3.05, 3.63) is 24.3 Å². The number of hydrogen-bond donors (Lipinski definition) is 1. The molecule has 34 heavy (non-hydrogen) atoms. The maximum Gasteiger partial charge on any atom is 0.573 e. The highest BCUT2D eigenvalue weighted by Gasteiger charge is 2.49. The number of rotatable bonds is 5. The first-order chi connectivity index (χ1) is 15.6. The van der Waals surface area contributed by atoms with E-state index < -0.39 is 45.6 Å². The molecule has 0 aliphatic carbocycles. The maximum absolute atomic E-state index is 12.4. The number of hydrogen-bond acceptors (Lipinski definition) is 7. The lowest BCUT2D eigenvalue weighted by Gasteiger charge is -2.24. The molecular weight excluding hydrogens is 499 g/mol. The zero-order valence-corrected chi connectivity index (χ0v) is 20.2. The van der Waals surface area contributed by atoms with Gasteiger partial charge in [-0.15, -0.1) is 13.2 Å². The number of halogens is 3. The Morgan fingerprint density at radius 1 is 1.18 bits per heavy atom. The zero-order chi connectivity index (χ0) is 25.3. The third-order valence-corrected chi connectivity index (χ3v) is 7.85. The Hall–Kier alpha value is -2.48. The zero-order valence-electron chi connectivity index (χ0n) is 18.6. The molecule has 2 aliphatic heterocycles. The van der Waals surface area contributed by atoms with Crippen molar-refractivity contribution in [2.24, 2.45) is 4.99 Å². The maximum atomic E-state index is 12.4. The number of alkyl halides is 3. The minimum atomic E-state index is -4.85. The summed E-state index contributed by atoms with van der Waals surface area (Å²) in [5.41, 5.74) is -0.307. The molecule has 0 radical (unpaired) electrons. The number of amidine groups is 1. The number of ether oxygens (including phenoxy) is 2. The average molecular weight is 524 g/mol.